The van der Waals surface area contributed by atoms with E-state index in [1.54, 1.807) is 6.20 Å². The first kappa shape index (κ1) is 36.1. The SMILES string of the molecule is CC(C)(C)c1ccnc(-c2[c-]ccc3c2oc2cncc(-c4ccccc4)c23)c1.CC(C)c1cc(-c2[c-]cccc2)ncc1[Si](C)(C)C.[Ir]. The van der Waals surface area contributed by atoms with Crippen molar-refractivity contribution in [2.45, 2.75) is 65.6 Å². The van der Waals surface area contributed by atoms with E-state index in [4.69, 9.17) is 4.42 Å². The molecule has 4 aromatic heterocycles. The van der Waals surface area contributed by atoms with E-state index in [1.807, 2.05) is 54.9 Å². The van der Waals surface area contributed by atoms with Crippen molar-refractivity contribution in [1.82, 2.24) is 15.0 Å². The van der Waals surface area contributed by atoms with E-state index in [2.05, 4.69) is 130 Å². The maximum Gasteiger partial charge on any atom is 0.139 e. The average Bonchev–Trinajstić information content (AvgIpc) is 3.48. The fourth-order valence-corrected chi connectivity index (χ4v) is 7.71. The summed E-state index contributed by atoms with van der Waals surface area (Å²) in [6.45, 7) is 18.3. The zero-order valence-electron chi connectivity index (χ0n) is 29.6. The fraction of sp³-hybridized carbons (Fsp3) is 0.233. The largest absolute Gasteiger partial charge is 0.499 e. The van der Waals surface area contributed by atoms with Gasteiger partial charge in [-0.2, -0.15) is 0 Å². The number of furan rings is 1. The van der Waals surface area contributed by atoms with E-state index in [-0.39, 0.29) is 25.5 Å². The maximum absolute atomic E-state index is 6.29. The summed E-state index contributed by atoms with van der Waals surface area (Å²) in [6, 6.07) is 35.4. The van der Waals surface area contributed by atoms with Crippen molar-refractivity contribution in [1.29, 1.82) is 0 Å². The first-order chi connectivity index (χ1) is 22.9. The summed E-state index contributed by atoms with van der Waals surface area (Å²) >= 11 is 0. The van der Waals surface area contributed by atoms with Crippen molar-refractivity contribution in [2.75, 3.05) is 0 Å². The summed E-state index contributed by atoms with van der Waals surface area (Å²) in [5.74, 6) is 0.534. The monoisotopic (exact) mass is 838 g/mol. The Morgan fingerprint density at radius 2 is 1.53 bits per heavy atom. The van der Waals surface area contributed by atoms with Crippen molar-refractivity contribution in [3.05, 3.63) is 133 Å². The summed E-state index contributed by atoms with van der Waals surface area (Å²) in [6.07, 6.45) is 7.64. The van der Waals surface area contributed by atoms with Gasteiger partial charge < -0.3 is 14.4 Å². The molecule has 251 valence electrons. The molecule has 4 nitrogen and oxygen atoms in total. The van der Waals surface area contributed by atoms with E-state index in [0.717, 1.165) is 55.6 Å². The van der Waals surface area contributed by atoms with Crippen LogP contribution in [0.2, 0.25) is 19.6 Å². The molecular weight excluding hydrogens is 795 g/mol. The van der Waals surface area contributed by atoms with Gasteiger partial charge in [0.15, 0.2) is 0 Å². The fourth-order valence-electron chi connectivity index (χ4n) is 6.03. The van der Waals surface area contributed by atoms with Gasteiger partial charge in [-0.15, -0.1) is 54.1 Å². The van der Waals surface area contributed by atoms with Crippen molar-refractivity contribution >= 4 is 35.2 Å². The van der Waals surface area contributed by atoms with Crippen LogP contribution in [0.15, 0.2) is 114 Å². The Balaban J connectivity index is 0.000000205. The van der Waals surface area contributed by atoms with Crippen LogP contribution in [0.4, 0.5) is 0 Å². The van der Waals surface area contributed by atoms with E-state index < -0.39 is 8.07 Å². The molecule has 49 heavy (non-hydrogen) atoms. The van der Waals surface area contributed by atoms with Gasteiger partial charge in [0.2, 0.25) is 0 Å². The molecule has 0 bridgehead atoms. The van der Waals surface area contributed by atoms with E-state index in [1.165, 1.54) is 16.3 Å². The molecule has 0 saturated heterocycles. The summed E-state index contributed by atoms with van der Waals surface area (Å²) in [4.78, 5) is 13.7. The van der Waals surface area contributed by atoms with Crippen molar-refractivity contribution in [2.24, 2.45) is 0 Å². The zero-order chi connectivity index (χ0) is 34.1. The van der Waals surface area contributed by atoms with Gasteiger partial charge in [0.1, 0.15) is 5.58 Å². The molecule has 0 atom stereocenters. The van der Waals surface area contributed by atoms with Gasteiger partial charge in [0.25, 0.3) is 0 Å². The molecule has 0 unspecified atom stereocenters. The summed E-state index contributed by atoms with van der Waals surface area (Å²) in [5, 5.41) is 3.60. The average molecular weight is 838 g/mol. The molecule has 3 aromatic carbocycles. The Kier molecular flexibility index (Phi) is 10.8. The van der Waals surface area contributed by atoms with Crippen molar-refractivity contribution in [3.63, 3.8) is 0 Å². The quantitative estimate of drug-likeness (QED) is 0.128. The molecule has 0 aliphatic rings. The number of fused-ring (bicyclic) bond motifs is 3. The van der Waals surface area contributed by atoms with Crippen LogP contribution in [-0.4, -0.2) is 23.0 Å². The normalized spacial score (nSPS) is 11.7. The van der Waals surface area contributed by atoms with Crippen LogP contribution in [-0.2, 0) is 25.5 Å². The molecule has 0 aliphatic heterocycles. The number of aromatic nitrogens is 3. The number of hydrogen-bond acceptors (Lipinski definition) is 4. The molecule has 7 aromatic rings. The second-order valence-corrected chi connectivity index (χ2v) is 19.7. The van der Waals surface area contributed by atoms with E-state index in [0.29, 0.717) is 5.92 Å². The molecule has 0 amide bonds. The standard InChI is InChI=1S/C26H21N2O.C17H22NSi.Ir/c1-26(2,3)18-12-13-28-22(14-18)19-10-7-11-20-24-21(17-8-5-4-6-9-17)15-27-16-23(24)29-25(19)20;1-13(2)15-11-16(14-9-7-6-8-10-14)18-12-17(15)19(3,4)5;/h4-9,11-16H,1-3H3;6-9,11-13H,1-5H3;/q2*-1;. The van der Waals surface area contributed by atoms with Crippen LogP contribution in [0.1, 0.15) is 51.7 Å². The predicted octanol–water partition coefficient (Wildman–Crippen LogP) is 11.0. The van der Waals surface area contributed by atoms with Crippen LogP contribution in [0, 0.1) is 12.1 Å². The van der Waals surface area contributed by atoms with Gasteiger partial charge in [-0.1, -0.05) is 113 Å². The Labute approximate surface area is 305 Å². The Morgan fingerprint density at radius 1 is 0.776 bits per heavy atom. The van der Waals surface area contributed by atoms with E-state index in [9.17, 15) is 0 Å². The zero-order valence-corrected chi connectivity index (χ0v) is 32.9. The minimum Gasteiger partial charge on any atom is -0.499 e. The van der Waals surface area contributed by atoms with Crippen LogP contribution < -0.4 is 5.19 Å². The predicted molar refractivity (Wildman–Crippen MR) is 203 cm³/mol. The molecule has 1 radical (unpaired) electrons. The minimum absolute atomic E-state index is 0. The molecule has 0 fully saturated rings. The topological polar surface area (TPSA) is 51.8 Å². The minimum atomic E-state index is -1.34. The number of rotatable bonds is 5. The number of hydrogen-bond donors (Lipinski definition) is 0. The van der Waals surface area contributed by atoms with Gasteiger partial charge in [0, 0.05) is 49.6 Å². The first-order valence-electron chi connectivity index (χ1n) is 16.6. The second kappa shape index (κ2) is 14.7. The third kappa shape index (κ3) is 7.83. The Hall–Kier alpha value is -4.22. The van der Waals surface area contributed by atoms with Crippen molar-refractivity contribution < 1.29 is 24.5 Å². The second-order valence-electron chi connectivity index (χ2n) is 14.6. The van der Waals surface area contributed by atoms with Crippen LogP contribution >= 0.6 is 0 Å². The molecule has 0 aliphatic carbocycles. The molecular formula is C43H43IrN3OSi-2. The van der Waals surface area contributed by atoms with Crippen LogP contribution in [0.25, 0.3) is 55.6 Å². The molecule has 0 spiro atoms. The molecule has 6 heteroatoms. The van der Waals surface area contributed by atoms with Crippen molar-refractivity contribution in [3.8, 4) is 33.6 Å². The summed E-state index contributed by atoms with van der Waals surface area (Å²) in [5.41, 5.74) is 10.3. The number of pyridine rings is 3. The molecule has 7 rings (SSSR count). The number of nitrogens with zero attached hydrogens (tertiary/aromatic N) is 3. The molecule has 0 saturated carbocycles. The van der Waals surface area contributed by atoms with Gasteiger partial charge in [-0.25, -0.2) is 0 Å². The van der Waals surface area contributed by atoms with Crippen LogP contribution in [0.3, 0.4) is 0 Å². The molecule has 4 heterocycles. The van der Waals surface area contributed by atoms with Gasteiger partial charge in [0.05, 0.1) is 19.9 Å². The van der Waals surface area contributed by atoms with Gasteiger partial charge in [-0.3, -0.25) is 4.98 Å². The van der Waals surface area contributed by atoms with Gasteiger partial charge >= 0.3 is 0 Å². The molecule has 0 N–H and O–H groups in total. The Morgan fingerprint density at radius 3 is 2.20 bits per heavy atom. The third-order valence-corrected chi connectivity index (χ3v) is 10.7. The summed E-state index contributed by atoms with van der Waals surface area (Å²) < 4.78 is 6.29. The van der Waals surface area contributed by atoms with Gasteiger partial charge in [-0.05, 0) is 45.1 Å². The van der Waals surface area contributed by atoms with Crippen LogP contribution in [0.5, 0.6) is 0 Å². The maximum atomic E-state index is 6.29. The first-order valence-corrected chi connectivity index (χ1v) is 20.1. The Bertz CT molecular complexity index is 2180. The third-order valence-electron chi connectivity index (χ3n) is 8.66. The summed E-state index contributed by atoms with van der Waals surface area (Å²) in [7, 11) is -1.34. The van der Waals surface area contributed by atoms with E-state index >= 15 is 0 Å². The smallest absolute Gasteiger partial charge is 0.139 e. The number of benzene rings is 3.